The van der Waals surface area contributed by atoms with Crippen LogP contribution in [0.2, 0.25) is 0 Å². The fourth-order valence-corrected chi connectivity index (χ4v) is 2.40. The van der Waals surface area contributed by atoms with E-state index in [1.165, 1.54) is 17.0 Å². The molecule has 6 heteroatoms. The molecule has 0 bridgehead atoms. The molecule has 1 aliphatic rings. The third kappa shape index (κ3) is 2.89. The first-order chi connectivity index (χ1) is 9.50. The zero-order valence-corrected chi connectivity index (χ0v) is 11.3. The molecule has 108 valence electrons. The lowest BCUT2D eigenvalue weighted by atomic mass is 10.1. The van der Waals surface area contributed by atoms with Gasteiger partial charge in [-0.15, -0.1) is 0 Å². The molecule has 0 unspecified atom stereocenters. The van der Waals surface area contributed by atoms with Gasteiger partial charge in [-0.1, -0.05) is 6.07 Å². The molecule has 5 nitrogen and oxygen atoms in total. The van der Waals surface area contributed by atoms with Crippen LogP contribution in [0.25, 0.3) is 0 Å². The molecule has 1 saturated heterocycles. The van der Waals surface area contributed by atoms with Crippen molar-refractivity contribution in [1.82, 2.24) is 4.90 Å². The fourth-order valence-electron chi connectivity index (χ4n) is 2.40. The van der Waals surface area contributed by atoms with Crippen molar-refractivity contribution < 1.29 is 19.1 Å². The van der Waals surface area contributed by atoms with Gasteiger partial charge in [0.1, 0.15) is 11.4 Å². The number of carbonyl (C=O) groups is 2. The van der Waals surface area contributed by atoms with E-state index in [0.717, 1.165) is 32.0 Å². The monoisotopic (exact) mass is 280 g/mol. The Morgan fingerprint density at radius 3 is 2.60 bits per heavy atom. The molecular weight excluding hydrogens is 263 g/mol. The predicted molar refractivity (Wildman–Crippen MR) is 72.4 cm³/mol. The molecule has 1 aromatic rings. The van der Waals surface area contributed by atoms with Gasteiger partial charge in [0.15, 0.2) is 0 Å². The molecule has 1 aliphatic heterocycles. The molecule has 2 rings (SSSR count). The minimum Gasteiger partial charge on any atom is -0.478 e. The van der Waals surface area contributed by atoms with E-state index in [9.17, 15) is 14.0 Å². The highest BCUT2D eigenvalue weighted by atomic mass is 19.1. The molecule has 1 fully saturated rings. The minimum absolute atomic E-state index is 0.0454. The smallest absolute Gasteiger partial charge is 0.340 e. The van der Waals surface area contributed by atoms with E-state index in [-0.39, 0.29) is 18.1 Å². The van der Waals surface area contributed by atoms with Crippen molar-refractivity contribution in [3.63, 3.8) is 0 Å². The van der Waals surface area contributed by atoms with Gasteiger partial charge in [0.05, 0.1) is 12.2 Å². The molecule has 0 aromatic heterocycles. The SMILES string of the molecule is CN(CC(=O)N1CCCC1)c1cccc(F)c1C(=O)O. The number of aromatic carboxylic acids is 1. The van der Waals surface area contributed by atoms with E-state index in [2.05, 4.69) is 0 Å². The Hall–Kier alpha value is -2.11. The van der Waals surface area contributed by atoms with Gasteiger partial charge in [-0.2, -0.15) is 0 Å². The Morgan fingerprint density at radius 2 is 2.00 bits per heavy atom. The molecule has 0 saturated carbocycles. The first kappa shape index (κ1) is 14.3. The van der Waals surface area contributed by atoms with Crippen LogP contribution in [-0.4, -0.2) is 48.6 Å². The third-order valence-corrected chi connectivity index (χ3v) is 3.45. The van der Waals surface area contributed by atoms with Crippen molar-refractivity contribution in [3.05, 3.63) is 29.6 Å². The Bertz CT molecular complexity index is 527. The van der Waals surface area contributed by atoms with Gasteiger partial charge < -0.3 is 14.9 Å². The van der Waals surface area contributed by atoms with Crippen LogP contribution in [0.5, 0.6) is 0 Å². The highest BCUT2D eigenvalue weighted by Gasteiger charge is 2.23. The van der Waals surface area contributed by atoms with Crippen molar-refractivity contribution in [1.29, 1.82) is 0 Å². The minimum atomic E-state index is -1.33. The van der Waals surface area contributed by atoms with Crippen LogP contribution in [-0.2, 0) is 4.79 Å². The van der Waals surface area contributed by atoms with E-state index < -0.39 is 17.3 Å². The second-order valence-electron chi connectivity index (χ2n) is 4.88. The van der Waals surface area contributed by atoms with Crippen molar-refractivity contribution in [2.24, 2.45) is 0 Å². The molecule has 0 atom stereocenters. The largest absolute Gasteiger partial charge is 0.478 e. The standard InChI is InChI=1S/C14H17FN2O3/c1-16(9-12(18)17-7-2-3-8-17)11-6-4-5-10(15)13(11)14(19)20/h4-6H,2-3,7-9H2,1H3,(H,19,20). The number of hydrogen-bond donors (Lipinski definition) is 1. The molecule has 1 aromatic carbocycles. The summed E-state index contributed by atoms with van der Waals surface area (Å²) in [5, 5.41) is 9.08. The molecule has 0 aliphatic carbocycles. The zero-order chi connectivity index (χ0) is 14.7. The Kier molecular flexibility index (Phi) is 4.22. The van der Waals surface area contributed by atoms with Gasteiger partial charge in [0.25, 0.3) is 0 Å². The summed E-state index contributed by atoms with van der Waals surface area (Å²) in [4.78, 5) is 26.4. The fraction of sp³-hybridized carbons (Fsp3) is 0.429. The Balaban J connectivity index is 2.16. The Morgan fingerprint density at radius 1 is 1.35 bits per heavy atom. The number of rotatable bonds is 4. The molecule has 1 N–H and O–H groups in total. The van der Waals surface area contributed by atoms with Gasteiger partial charge in [-0.3, -0.25) is 4.79 Å². The maximum atomic E-state index is 13.6. The Labute approximate surface area is 116 Å². The summed E-state index contributed by atoms with van der Waals surface area (Å²) in [6.07, 6.45) is 1.99. The van der Waals surface area contributed by atoms with Crippen LogP contribution in [0.1, 0.15) is 23.2 Å². The molecule has 0 spiro atoms. The van der Waals surface area contributed by atoms with Crippen LogP contribution in [0.15, 0.2) is 18.2 Å². The van der Waals surface area contributed by atoms with Crippen LogP contribution in [0, 0.1) is 5.82 Å². The molecule has 1 amide bonds. The van der Waals surface area contributed by atoms with Crippen molar-refractivity contribution in [3.8, 4) is 0 Å². The summed E-state index contributed by atoms with van der Waals surface area (Å²) in [5.41, 5.74) is -0.186. The molecule has 0 radical (unpaired) electrons. The zero-order valence-electron chi connectivity index (χ0n) is 11.3. The maximum Gasteiger partial charge on any atom is 0.340 e. The van der Waals surface area contributed by atoms with E-state index >= 15 is 0 Å². The normalized spacial score (nSPS) is 14.4. The highest BCUT2D eigenvalue weighted by Crippen LogP contribution is 2.22. The number of hydrogen-bond acceptors (Lipinski definition) is 3. The van der Waals surface area contributed by atoms with E-state index in [0.29, 0.717) is 0 Å². The van der Waals surface area contributed by atoms with Gasteiger partial charge in [-0.05, 0) is 25.0 Å². The number of halogens is 1. The first-order valence-corrected chi connectivity index (χ1v) is 6.51. The van der Waals surface area contributed by atoms with Crippen LogP contribution < -0.4 is 4.90 Å². The highest BCUT2D eigenvalue weighted by molar-refractivity contribution is 5.95. The number of likely N-dealkylation sites (tertiary alicyclic amines) is 1. The van der Waals surface area contributed by atoms with Gasteiger partial charge in [-0.25, -0.2) is 9.18 Å². The quantitative estimate of drug-likeness (QED) is 0.909. The predicted octanol–water partition coefficient (Wildman–Crippen LogP) is 1.58. The summed E-state index contributed by atoms with van der Waals surface area (Å²) in [6, 6.07) is 4.04. The lowest BCUT2D eigenvalue weighted by molar-refractivity contribution is -0.128. The van der Waals surface area contributed by atoms with E-state index in [1.807, 2.05) is 0 Å². The molecule has 1 heterocycles. The summed E-state index contributed by atoms with van der Waals surface area (Å²) in [7, 11) is 1.59. The van der Waals surface area contributed by atoms with Gasteiger partial charge in [0, 0.05) is 20.1 Å². The van der Waals surface area contributed by atoms with Gasteiger partial charge in [0.2, 0.25) is 5.91 Å². The topological polar surface area (TPSA) is 60.9 Å². The van der Waals surface area contributed by atoms with Crippen molar-refractivity contribution >= 4 is 17.6 Å². The lowest BCUT2D eigenvalue weighted by Crippen LogP contribution is -2.37. The number of carboxylic acids is 1. The maximum absolute atomic E-state index is 13.6. The van der Waals surface area contributed by atoms with Gasteiger partial charge >= 0.3 is 5.97 Å². The number of carbonyl (C=O) groups excluding carboxylic acids is 1. The van der Waals surface area contributed by atoms with E-state index in [4.69, 9.17) is 5.11 Å². The first-order valence-electron chi connectivity index (χ1n) is 6.51. The number of amides is 1. The second-order valence-corrected chi connectivity index (χ2v) is 4.88. The summed E-state index contributed by atoms with van der Waals surface area (Å²) < 4.78 is 13.6. The van der Waals surface area contributed by atoms with Crippen molar-refractivity contribution in [2.45, 2.75) is 12.8 Å². The average molecular weight is 280 g/mol. The number of carboxylic acid groups (broad SMARTS) is 1. The summed E-state index contributed by atoms with van der Waals surface area (Å²) >= 11 is 0. The lowest BCUT2D eigenvalue weighted by Gasteiger charge is -2.24. The van der Waals surface area contributed by atoms with Crippen LogP contribution in [0.3, 0.4) is 0 Å². The number of nitrogens with zero attached hydrogens (tertiary/aromatic N) is 2. The molecule has 20 heavy (non-hydrogen) atoms. The average Bonchev–Trinajstić information content (AvgIpc) is 2.91. The summed E-state index contributed by atoms with van der Waals surface area (Å²) in [5.74, 6) is -2.19. The number of anilines is 1. The number of benzene rings is 1. The molecular formula is C14H17FN2O3. The third-order valence-electron chi connectivity index (χ3n) is 3.45. The number of likely N-dealkylation sites (N-methyl/N-ethyl adjacent to an activating group) is 1. The summed E-state index contributed by atoms with van der Waals surface area (Å²) in [6.45, 7) is 1.52. The second kappa shape index (κ2) is 5.90. The van der Waals surface area contributed by atoms with Crippen molar-refractivity contribution in [2.75, 3.05) is 31.6 Å². The van der Waals surface area contributed by atoms with Crippen LogP contribution >= 0.6 is 0 Å². The van der Waals surface area contributed by atoms with Crippen LogP contribution in [0.4, 0.5) is 10.1 Å². The van der Waals surface area contributed by atoms with E-state index in [1.54, 1.807) is 11.9 Å².